The number of alkyl halides is 3. The van der Waals surface area contributed by atoms with Gasteiger partial charge in [0.25, 0.3) is 5.91 Å². The Morgan fingerprint density at radius 1 is 0.949 bits per heavy atom. The van der Waals surface area contributed by atoms with Crippen molar-refractivity contribution < 1.29 is 27.5 Å². The van der Waals surface area contributed by atoms with Crippen molar-refractivity contribution in [2.24, 2.45) is 5.73 Å². The van der Waals surface area contributed by atoms with Crippen molar-refractivity contribution in [2.45, 2.75) is 19.0 Å². The molecule has 39 heavy (non-hydrogen) atoms. The lowest BCUT2D eigenvalue weighted by Gasteiger charge is -2.19. The average Bonchev–Trinajstić information content (AvgIpc) is 3.56. The number of nitrogens with zero attached hydrogens (tertiary/aromatic N) is 1. The number of carbonyl (C=O) groups excluding carboxylic acids is 2. The number of para-hydroxylation sites is 1. The van der Waals surface area contributed by atoms with Gasteiger partial charge in [-0.1, -0.05) is 30.3 Å². The van der Waals surface area contributed by atoms with E-state index >= 15 is 0 Å². The SMILES string of the molecule is NC(=O)c1[nH]c2ccccc2c1-c1ccc(NC(=O)Nc2ccc(OCN3CCCC3)c(C(F)(F)F)c2)cc1. The lowest BCUT2D eigenvalue weighted by atomic mass is 10.0. The van der Waals surface area contributed by atoms with Crippen LogP contribution < -0.4 is 21.1 Å². The van der Waals surface area contributed by atoms with Crippen molar-refractivity contribution in [3.63, 3.8) is 0 Å². The Hall–Kier alpha value is -4.51. The molecule has 1 aliphatic heterocycles. The molecule has 3 amide bonds. The van der Waals surface area contributed by atoms with Crippen LogP contribution >= 0.6 is 0 Å². The molecule has 8 nitrogen and oxygen atoms in total. The molecule has 5 N–H and O–H groups in total. The molecule has 202 valence electrons. The van der Waals surface area contributed by atoms with Gasteiger partial charge in [0.1, 0.15) is 18.2 Å². The molecule has 1 aromatic heterocycles. The molecule has 5 rings (SSSR count). The summed E-state index contributed by atoms with van der Waals surface area (Å²) in [4.78, 5) is 29.5. The molecule has 0 saturated carbocycles. The molecule has 1 saturated heterocycles. The Bertz CT molecular complexity index is 1510. The Labute approximate surface area is 221 Å². The lowest BCUT2D eigenvalue weighted by Crippen LogP contribution is -2.25. The van der Waals surface area contributed by atoms with E-state index in [1.54, 1.807) is 24.3 Å². The van der Waals surface area contributed by atoms with E-state index in [1.165, 1.54) is 12.1 Å². The summed E-state index contributed by atoms with van der Waals surface area (Å²) in [6, 6.07) is 16.8. The molecule has 4 aromatic rings. The fraction of sp³-hybridized carbons (Fsp3) is 0.214. The van der Waals surface area contributed by atoms with Crippen LogP contribution in [0.25, 0.3) is 22.0 Å². The molecule has 0 unspecified atom stereocenters. The summed E-state index contributed by atoms with van der Waals surface area (Å²) in [5.74, 6) is -0.892. The number of hydrogen-bond donors (Lipinski definition) is 4. The number of hydrogen-bond acceptors (Lipinski definition) is 4. The highest BCUT2D eigenvalue weighted by atomic mass is 19.4. The number of likely N-dealkylation sites (tertiary alicyclic amines) is 1. The molecule has 11 heteroatoms. The summed E-state index contributed by atoms with van der Waals surface area (Å²) in [6.45, 7) is 1.65. The summed E-state index contributed by atoms with van der Waals surface area (Å²) >= 11 is 0. The number of fused-ring (bicyclic) bond motifs is 1. The molecule has 0 atom stereocenters. The number of aromatic nitrogens is 1. The van der Waals surface area contributed by atoms with Gasteiger partial charge >= 0.3 is 12.2 Å². The van der Waals surface area contributed by atoms with Crippen LogP contribution in [0.1, 0.15) is 28.9 Å². The molecular weight excluding hydrogens is 511 g/mol. The third-order valence-corrected chi connectivity index (χ3v) is 6.53. The number of ether oxygens (including phenoxy) is 1. The number of benzene rings is 3. The summed E-state index contributed by atoms with van der Waals surface area (Å²) in [6.07, 6.45) is -2.67. The maximum absolute atomic E-state index is 13.7. The average molecular weight is 538 g/mol. The summed E-state index contributed by atoms with van der Waals surface area (Å²) in [5, 5.41) is 5.86. The van der Waals surface area contributed by atoms with Gasteiger partial charge in [-0.2, -0.15) is 13.2 Å². The van der Waals surface area contributed by atoms with Crippen LogP contribution in [0.4, 0.5) is 29.3 Å². The Kier molecular flexibility index (Phi) is 7.16. The van der Waals surface area contributed by atoms with Crippen LogP contribution in [0, 0.1) is 0 Å². The normalized spacial score (nSPS) is 13.9. The van der Waals surface area contributed by atoms with Gasteiger partial charge in [0.2, 0.25) is 0 Å². The second kappa shape index (κ2) is 10.7. The molecular formula is C28H26F3N5O3. The van der Waals surface area contributed by atoms with Crippen LogP contribution in [0.5, 0.6) is 5.75 Å². The van der Waals surface area contributed by atoms with E-state index in [-0.39, 0.29) is 23.9 Å². The van der Waals surface area contributed by atoms with Crippen molar-refractivity contribution >= 4 is 34.2 Å². The Morgan fingerprint density at radius 3 is 2.31 bits per heavy atom. The van der Waals surface area contributed by atoms with E-state index < -0.39 is 23.7 Å². The van der Waals surface area contributed by atoms with Gasteiger partial charge in [-0.25, -0.2) is 4.79 Å². The minimum absolute atomic E-state index is 0.0325. The predicted octanol–water partition coefficient (Wildman–Crippen LogP) is 6.03. The van der Waals surface area contributed by atoms with Gasteiger partial charge in [-0.05, 0) is 54.8 Å². The standard InChI is InChI=1S/C28H26F3N5O3/c29-28(30,31)21-15-19(11-12-23(21)39-16-36-13-3-4-14-36)34-27(38)33-18-9-7-17(8-10-18)24-20-5-1-2-6-22(20)35-25(24)26(32)37/h1-2,5-12,15,35H,3-4,13-14,16H2,(H2,32,37)(H2,33,34,38). The minimum atomic E-state index is -4.66. The number of anilines is 2. The number of carbonyl (C=O) groups is 2. The highest BCUT2D eigenvalue weighted by molar-refractivity contribution is 6.09. The van der Waals surface area contributed by atoms with E-state index in [2.05, 4.69) is 15.6 Å². The number of H-pyrrole nitrogens is 1. The van der Waals surface area contributed by atoms with E-state index in [0.29, 0.717) is 16.8 Å². The Morgan fingerprint density at radius 2 is 1.62 bits per heavy atom. The fourth-order valence-electron chi connectivity index (χ4n) is 4.67. The van der Waals surface area contributed by atoms with Crippen LogP contribution in [0.3, 0.4) is 0 Å². The number of rotatable bonds is 7. The van der Waals surface area contributed by atoms with Crippen molar-refractivity contribution in [2.75, 3.05) is 30.5 Å². The van der Waals surface area contributed by atoms with Gasteiger partial charge in [0, 0.05) is 40.9 Å². The zero-order valence-corrected chi connectivity index (χ0v) is 20.8. The number of aromatic amines is 1. The zero-order valence-electron chi connectivity index (χ0n) is 20.8. The monoisotopic (exact) mass is 537 g/mol. The zero-order chi connectivity index (χ0) is 27.6. The lowest BCUT2D eigenvalue weighted by molar-refractivity contribution is -0.139. The van der Waals surface area contributed by atoms with Crippen molar-refractivity contribution in [3.8, 4) is 16.9 Å². The first kappa shape index (κ1) is 26.1. The first-order valence-electron chi connectivity index (χ1n) is 12.3. The van der Waals surface area contributed by atoms with E-state index in [0.717, 1.165) is 42.9 Å². The number of urea groups is 1. The fourth-order valence-corrected chi connectivity index (χ4v) is 4.67. The second-order valence-electron chi connectivity index (χ2n) is 9.25. The minimum Gasteiger partial charge on any atom is -0.478 e. The molecule has 0 radical (unpaired) electrons. The molecule has 1 fully saturated rings. The predicted molar refractivity (Wildman–Crippen MR) is 143 cm³/mol. The summed E-state index contributed by atoms with van der Waals surface area (Å²) in [5.41, 5.74) is 7.33. The molecule has 3 aromatic carbocycles. The van der Waals surface area contributed by atoms with Gasteiger partial charge in [0.05, 0.1) is 5.56 Å². The summed E-state index contributed by atoms with van der Waals surface area (Å²) in [7, 11) is 0. The first-order valence-corrected chi connectivity index (χ1v) is 12.3. The van der Waals surface area contributed by atoms with Crippen molar-refractivity contribution in [3.05, 3.63) is 78.0 Å². The molecule has 2 heterocycles. The summed E-state index contributed by atoms with van der Waals surface area (Å²) < 4.78 is 46.5. The Balaban J connectivity index is 1.29. The number of primary amides is 1. The number of amides is 3. The van der Waals surface area contributed by atoms with Crippen LogP contribution in [0.2, 0.25) is 0 Å². The van der Waals surface area contributed by atoms with Gasteiger partial charge < -0.3 is 26.1 Å². The van der Waals surface area contributed by atoms with Crippen molar-refractivity contribution in [1.82, 2.24) is 9.88 Å². The van der Waals surface area contributed by atoms with E-state index in [9.17, 15) is 22.8 Å². The van der Waals surface area contributed by atoms with Crippen LogP contribution in [-0.4, -0.2) is 41.6 Å². The molecule has 0 aliphatic carbocycles. The van der Waals surface area contributed by atoms with Gasteiger partial charge in [-0.3, -0.25) is 9.69 Å². The van der Waals surface area contributed by atoms with Crippen LogP contribution in [-0.2, 0) is 6.18 Å². The van der Waals surface area contributed by atoms with Crippen LogP contribution in [0.15, 0.2) is 66.7 Å². The quantitative estimate of drug-likeness (QED) is 0.231. The molecule has 0 bridgehead atoms. The topological polar surface area (TPSA) is 112 Å². The van der Waals surface area contributed by atoms with E-state index in [4.69, 9.17) is 10.5 Å². The maximum atomic E-state index is 13.7. The second-order valence-corrected chi connectivity index (χ2v) is 9.25. The van der Waals surface area contributed by atoms with Crippen molar-refractivity contribution in [1.29, 1.82) is 0 Å². The number of nitrogens with two attached hydrogens (primary N) is 1. The molecule has 0 spiro atoms. The largest absolute Gasteiger partial charge is 0.478 e. The van der Waals surface area contributed by atoms with Gasteiger partial charge in [-0.15, -0.1) is 0 Å². The number of halogens is 3. The smallest absolute Gasteiger partial charge is 0.420 e. The number of nitrogens with one attached hydrogen (secondary N) is 3. The highest BCUT2D eigenvalue weighted by Gasteiger charge is 2.35. The van der Waals surface area contributed by atoms with Gasteiger partial charge in [0.15, 0.2) is 0 Å². The molecule has 1 aliphatic rings. The maximum Gasteiger partial charge on any atom is 0.420 e. The first-order chi connectivity index (χ1) is 18.7. The van der Waals surface area contributed by atoms with E-state index in [1.807, 2.05) is 29.2 Å². The third-order valence-electron chi connectivity index (χ3n) is 6.53. The third kappa shape index (κ3) is 5.83. The highest BCUT2D eigenvalue weighted by Crippen LogP contribution is 2.38.